The lowest BCUT2D eigenvalue weighted by molar-refractivity contribution is 0.287. The zero-order valence-electron chi connectivity index (χ0n) is 12.3. The fraction of sp³-hybridized carbons (Fsp3) is 0.600. The van der Waals surface area contributed by atoms with Crippen LogP contribution in [0.3, 0.4) is 0 Å². The average molecular weight is 312 g/mol. The number of rotatable bonds is 7. The lowest BCUT2D eigenvalue weighted by atomic mass is 10.1. The summed E-state index contributed by atoms with van der Waals surface area (Å²) in [4.78, 5) is 2.34. The van der Waals surface area contributed by atoms with Gasteiger partial charge in [-0.3, -0.25) is 4.72 Å². The number of aliphatic hydroxyl groups excluding tert-OH is 1. The SMILES string of the molecule is O=S(=O)(CCCCO)Nc1ccc(N2CCCCC2)cc1. The minimum absolute atomic E-state index is 0.0278. The quantitative estimate of drug-likeness (QED) is 0.757. The predicted molar refractivity (Wildman–Crippen MR) is 86.2 cm³/mol. The summed E-state index contributed by atoms with van der Waals surface area (Å²) in [5, 5.41) is 8.69. The minimum atomic E-state index is -3.32. The summed E-state index contributed by atoms with van der Waals surface area (Å²) in [6.45, 7) is 2.18. The summed E-state index contributed by atoms with van der Waals surface area (Å²) >= 11 is 0. The van der Waals surface area contributed by atoms with E-state index >= 15 is 0 Å². The molecule has 0 atom stereocenters. The van der Waals surface area contributed by atoms with E-state index in [1.165, 1.54) is 19.3 Å². The second-order valence-electron chi connectivity index (χ2n) is 5.45. The van der Waals surface area contributed by atoms with Crippen LogP contribution in [0.1, 0.15) is 32.1 Å². The molecule has 0 aliphatic carbocycles. The zero-order chi connectivity index (χ0) is 15.1. The van der Waals surface area contributed by atoms with E-state index in [0.717, 1.165) is 18.8 Å². The van der Waals surface area contributed by atoms with Crippen LogP contribution in [0.5, 0.6) is 0 Å². The van der Waals surface area contributed by atoms with Gasteiger partial charge >= 0.3 is 0 Å². The summed E-state index contributed by atoms with van der Waals surface area (Å²) in [6.07, 6.45) is 4.72. The molecular weight excluding hydrogens is 288 g/mol. The van der Waals surface area contributed by atoms with Crippen LogP contribution in [-0.2, 0) is 10.0 Å². The summed E-state index contributed by atoms with van der Waals surface area (Å²) in [5.41, 5.74) is 1.75. The second-order valence-corrected chi connectivity index (χ2v) is 7.29. The number of nitrogens with one attached hydrogen (secondary N) is 1. The second kappa shape index (κ2) is 7.66. The fourth-order valence-electron chi connectivity index (χ4n) is 2.53. The normalized spacial score (nSPS) is 16.0. The van der Waals surface area contributed by atoms with E-state index in [4.69, 9.17) is 5.11 Å². The van der Waals surface area contributed by atoms with Gasteiger partial charge in [-0.25, -0.2) is 8.42 Å². The number of sulfonamides is 1. The predicted octanol–water partition coefficient (Wildman–Crippen LogP) is 2.19. The highest BCUT2D eigenvalue weighted by Crippen LogP contribution is 2.22. The fourth-order valence-corrected chi connectivity index (χ4v) is 3.71. The van der Waals surface area contributed by atoms with Gasteiger partial charge in [0.05, 0.1) is 5.75 Å². The minimum Gasteiger partial charge on any atom is -0.396 e. The molecule has 0 radical (unpaired) electrons. The Morgan fingerprint density at radius 1 is 1.05 bits per heavy atom. The first-order chi connectivity index (χ1) is 10.1. The van der Waals surface area contributed by atoms with Crippen molar-refractivity contribution in [3.63, 3.8) is 0 Å². The zero-order valence-corrected chi connectivity index (χ0v) is 13.1. The number of anilines is 2. The molecule has 1 saturated heterocycles. The molecular formula is C15H24N2O3S. The average Bonchev–Trinajstić information content (AvgIpc) is 2.49. The monoisotopic (exact) mass is 312 g/mol. The van der Waals surface area contributed by atoms with E-state index < -0.39 is 10.0 Å². The van der Waals surface area contributed by atoms with Crippen LogP contribution in [0.25, 0.3) is 0 Å². The van der Waals surface area contributed by atoms with Gasteiger partial charge in [-0.05, 0) is 56.4 Å². The first-order valence-corrected chi connectivity index (χ1v) is 9.22. The topological polar surface area (TPSA) is 69.6 Å². The molecule has 0 spiro atoms. The molecule has 1 aromatic rings. The molecule has 118 valence electrons. The molecule has 0 amide bonds. The summed E-state index contributed by atoms with van der Waals surface area (Å²) in [6, 6.07) is 7.56. The van der Waals surface area contributed by atoms with Crippen molar-refractivity contribution in [2.45, 2.75) is 32.1 Å². The van der Waals surface area contributed by atoms with Crippen molar-refractivity contribution in [3.8, 4) is 0 Å². The van der Waals surface area contributed by atoms with Crippen molar-refractivity contribution in [2.24, 2.45) is 0 Å². The number of piperidine rings is 1. The molecule has 1 aliphatic rings. The maximum Gasteiger partial charge on any atom is 0.232 e. The Morgan fingerprint density at radius 3 is 2.33 bits per heavy atom. The largest absolute Gasteiger partial charge is 0.396 e. The molecule has 2 rings (SSSR count). The molecule has 5 nitrogen and oxygen atoms in total. The number of hydrogen-bond acceptors (Lipinski definition) is 4. The molecule has 6 heteroatoms. The smallest absolute Gasteiger partial charge is 0.232 e. The van der Waals surface area contributed by atoms with Crippen molar-refractivity contribution < 1.29 is 13.5 Å². The van der Waals surface area contributed by atoms with Gasteiger partial charge < -0.3 is 10.0 Å². The molecule has 0 aromatic heterocycles. The van der Waals surface area contributed by atoms with Crippen LogP contribution in [0.4, 0.5) is 11.4 Å². The Morgan fingerprint density at radius 2 is 1.71 bits per heavy atom. The van der Waals surface area contributed by atoms with E-state index in [9.17, 15) is 8.42 Å². The van der Waals surface area contributed by atoms with E-state index in [0.29, 0.717) is 18.5 Å². The molecule has 1 fully saturated rings. The Kier molecular flexibility index (Phi) is 5.87. The number of nitrogens with zero attached hydrogens (tertiary/aromatic N) is 1. The molecule has 1 aromatic carbocycles. The van der Waals surface area contributed by atoms with Crippen LogP contribution in [0.15, 0.2) is 24.3 Å². The van der Waals surface area contributed by atoms with Gasteiger partial charge in [-0.2, -0.15) is 0 Å². The van der Waals surface area contributed by atoms with Gasteiger partial charge in [0.1, 0.15) is 0 Å². The maximum absolute atomic E-state index is 11.9. The summed E-state index contributed by atoms with van der Waals surface area (Å²) in [5.74, 6) is 0.0431. The molecule has 0 unspecified atom stereocenters. The molecule has 2 N–H and O–H groups in total. The number of aliphatic hydroxyl groups is 1. The van der Waals surface area contributed by atoms with E-state index in [-0.39, 0.29) is 12.4 Å². The standard InChI is InChI=1S/C15H24N2O3S/c18-12-4-5-13-21(19,20)16-14-6-8-15(9-7-14)17-10-2-1-3-11-17/h6-9,16,18H,1-5,10-13H2. The molecule has 1 heterocycles. The summed E-state index contributed by atoms with van der Waals surface area (Å²) < 4.78 is 26.3. The summed E-state index contributed by atoms with van der Waals surface area (Å²) in [7, 11) is -3.32. The van der Waals surface area contributed by atoms with Crippen LogP contribution < -0.4 is 9.62 Å². The van der Waals surface area contributed by atoms with Gasteiger partial charge in [-0.15, -0.1) is 0 Å². The van der Waals surface area contributed by atoms with Gasteiger partial charge in [0.15, 0.2) is 0 Å². The van der Waals surface area contributed by atoms with Gasteiger partial charge in [-0.1, -0.05) is 0 Å². The third-order valence-corrected chi connectivity index (χ3v) is 5.06. The molecule has 0 bridgehead atoms. The maximum atomic E-state index is 11.9. The first-order valence-electron chi connectivity index (χ1n) is 7.57. The number of hydrogen-bond donors (Lipinski definition) is 2. The third kappa shape index (κ3) is 5.21. The van der Waals surface area contributed by atoms with E-state index in [2.05, 4.69) is 9.62 Å². The van der Waals surface area contributed by atoms with Crippen LogP contribution in [0.2, 0.25) is 0 Å². The molecule has 0 saturated carbocycles. The number of benzene rings is 1. The highest BCUT2D eigenvalue weighted by Gasteiger charge is 2.12. The van der Waals surface area contributed by atoms with Crippen LogP contribution in [-0.4, -0.2) is 39.0 Å². The van der Waals surface area contributed by atoms with Gasteiger partial charge in [0.2, 0.25) is 10.0 Å². The van der Waals surface area contributed by atoms with E-state index in [1.807, 2.05) is 24.3 Å². The number of unbranched alkanes of at least 4 members (excludes halogenated alkanes) is 1. The Bertz CT molecular complexity index is 522. The Balaban J connectivity index is 1.92. The van der Waals surface area contributed by atoms with E-state index in [1.54, 1.807) is 0 Å². The first kappa shape index (κ1) is 16.1. The Hall–Kier alpha value is -1.27. The van der Waals surface area contributed by atoms with Gasteiger partial charge in [0.25, 0.3) is 0 Å². The highest BCUT2D eigenvalue weighted by atomic mass is 32.2. The van der Waals surface area contributed by atoms with Crippen molar-refractivity contribution >= 4 is 21.4 Å². The Labute approximate surface area is 127 Å². The van der Waals surface area contributed by atoms with Gasteiger partial charge in [0, 0.05) is 31.1 Å². The third-order valence-electron chi connectivity index (χ3n) is 3.68. The van der Waals surface area contributed by atoms with Crippen molar-refractivity contribution in [3.05, 3.63) is 24.3 Å². The van der Waals surface area contributed by atoms with Crippen LogP contribution >= 0.6 is 0 Å². The molecule has 1 aliphatic heterocycles. The highest BCUT2D eigenvalue weighted by molar-refractivity contribution is 7.92. The van der Waals surface area contributed by atoms with Crippen molar-refractivity contribution in [2.75, 3.05) is 35.1 Å². The lowest BCUT2D eigenvalue weighted by Gasteiger charge is -2.28. The van der Waals surface area contributed by atoms with Crippen LogP contribution in [0, 0.1) is 0 Å². The molecule has 21 heavy (non-hydrogen) atoms. The van der Waals surface area contributed by atoms with Crippen molar-refractivity contribution in [1.82, 2.24) is 0 Å². The lowest BCUT2D eigenvalue weighted by Crippen LogP contribution is -2.29. The van der Waals surface area contributed by atoms with Crippen molar-refractivity contribution in [1.29, 1.82) is 0 Å².